The number of fused-ring (bicyclic) bond motifs is 2. The molecule has 0 saturated carbocycles. The zero-order valence-corrected chi connectivity index (χ0v) is 22.5. The molecule has 7 rings (SSSR count). The second-order valence-corrected chi connectivity index (χ2v) is 12.5. The minimum absolute atomic E-state index is 0.232. The van der Waals surface area contributed by atoms with E-state index in [9.17, 15) is 0 Å². The molecule has 0 atom stereocenters. The Balaban J connectivity index is 1.70. The van der Waals surface area contributed by atoms with E-state index in [-0.39, 0.29) is 29.0 Å². The van der Waals surface area contributed by atoms with Crippen molar-refractivity contribution < 1.29 is 0 Å². The first-order valence-electron chi connectivity index (χ1n) is 11.1. The van der Waals surface area contributed by atoms with Crippen LogP contribution in [0.1, 0.15) is 0 Å². The van der Waals surface area contributed by atoms with Gasteiger partial charge in [0.05, 0.1) is 0 Å². The predicted octanol–water partition coefficient (Wildman–Crippen LogP) is 6.42. The van der Waals surface area contributed by atoms with E-state index in [1.807, 2.05) is 12.1 Å². The standard InChI is InChI=1S/C28H16N4SSe2/c1-3-9-17(10-4-1)23-24(18-11-5-2-6-12-18)30-26-22(20-14-8-16-35-20)28-27(31-33-32-28)21(25(26)29-23)19-13-7-15-34-19/h1-16H. The average molecular weight is 598 g/mol. The fourth-order valence-corrected chi connectivity index (χ4v) is 8.23. The molecule has 0 saturated heterocycles. The van der Waals surface area contributed by atoms with E-state index in [0.29, 0.717) is 0 Å². The molecule has 0 amide bonds. The van der Waals surface area contributed by atoms with Crippen LogP contribution in [0.15, 0.2) is 94.8 Å². The van der Waals surface area contributed by atoms with Crippen LogP contribution in [0.25, 0.3) is 64.6 Å². The molecule has 35 heavy (non-hydrogen) atoms. The molecule has 7 heteroatoms. The van der Waals surface area contributed by atoms with Crippen LogP contribution in [0.4, 0.5) is 0 Å². The summed E-state index contributed by atoms with van der Waals surface area (Å²) in [6, 6.07) is 29.4. The fourth-order valence-electron chi connectivity index (χ4n) is 4.43. The fraction of sp³-hybridized carbons (Fsp3) is 0. The second-order valence-electron chi connectivity index (χ2n) is 8.02. The number of benzene rings is 3. The Bertz CT molecular complexity index is 1640. The normalized spacial score (nSPS) is 11.4. The molecular weight excluding hydrogens is 582 g/mol. The topological polar surface area (TPSA) is 51.6 Å². The van der Waals surface area contributed by atoms with E-state index in [2.05, 4.69) is 82.7 Å². The molecule has 3 aromatic carbocycles. The monoisotopic (exact) mass is 600 g/mol. The van der Waals surface area contributed by atoms with E-state index in [4.69, 9.17) is 18.7 Å². The molecule has 0 spiro atoms. The summed E-state index contributed by atoms with van der Waals surface area (Å²) in [5.41, 5.74) is 9.78. The van der Waals surface area contributed by atoms with Crippen molar-refractivity contribution in [2.24, 2.45) is 0 Å². The Morgan fingerprint density at radius 3 is 1.34 bits per heavy atom. The maximum absolute atomic E-state index is 5.40. The third kappa shape index (κ3) is 3.56. The first-order valence-corrected chi connectivity index (χ1v) is 15.5. The van der Waals surface area contributed by atoms with Gasteiger partial charge in [-0.2, -0.15) is 0 Å². The van der Waals surface area contributed by atoms with Gasteiger partial charge in [0.1, 0.15) is 0 Å². The molecule has 0 bridgehead atoms. The van der Waals surface area contributed by atoms with E-state index >= 15 is 0 Å². The van der Waals surface area contributed by atoms with Crippen LogP contribution in [0, 0.1) is 0 Å². The maximum atomic E-state index is 5.40. The quantitative estimate of drug-likeness (QED) is 0.220. The van der Waals surface area contributed by atoms with Gasteiger partial charge in [0.2, 0.25) is 0 Å². The van der Waals surface area contributed by atoms with Crippen LogP contribution in [-0.2, 0) is 0 Å². The summed E-state index contributed by atoms with van der Waals surface area (Å²) in [5, 5.41) is 0. The molecule has 0 fully saturated rings. The Hall–Kier alpha value is -3.18. The molecular formula is C28H16N4SSe2. The van der Waals surface area contributed by atoms with Gasteiger partial charge in [-0.1, -0.05) is 0 Å². The van der Waals surface area contributed by atoms with Crippen molar-refractivity contribution in [2.75, 3.05) is 0 Å². The van der Waals surface area contributed by atoms with Crippen LogP contribution in [-0.4, -0.2) is 47.7 Å². The van der Waals surface area contributed by atoms with Gasteiger partial charge in [-0.25, -0.2) is 0 Å². The van der Waals surface area contributed by atoms with Crippen molar-refractivity contribution in [3.63, 3.8) is 0 Å². The number of rotatable bonds is 4. The van der Waals surface area contributed by atoms with Crippen LogP contribution in [0.5, 0.6) is 0 Å². The SMILES string of the molecule is c1ccc(-c2nc3c(-c4ccc[se]4)c4nsnc4c(-c4ccc[se]4)c3nc2-c2ccccc2)cc1. The van der Waals surface area contributed by atoms with Gasteiger partial charge in [0, 0.05) is 0 Å². The number of hydrogen-bond acceptors (Lipinski definition) is 5. The van der Waals surface area contributed by atoms with Crippen molar-refractivity contribution >= 4 is 62.8 Å². The molecule has 4 heterocycles. The summed E-state index contributed by atoms with van der Waals surface area (Å²) in [7, 11) is 0. The molecule has 0 unspecified atom stereocenters. The molecule has 4 aromatic heterocycles. The van der Waals surface area contributed by atoms with Gasteiger partial charge in [-0.15, -0.1) is 0 Å². The summed E-state index contributed by atoms with van der Waals surface area (Å²) in [6.45, 7) is 0. The Morgan fingerprint density at radius 2 is 0.943 bits per heavy atom. The van der Waals surface area contributed by atoms with Crippen LogP contribution in [0.3, 0.4) is 0 Å². The summed E-state index contributed by atoms with van der Waals surface area (Å²) in [6.07, 6.45) is 0. The van der Waals surface area contributed by atoms with Crippen molar-refractivity contribution in [3.05, 3.63) is 94.8 Å². The van der Waals surface area contributed by atoms with Gasteiger partial charge in [-0.3, -0.25) is 0 Å². The van der Waals surface area contributed by atoms with Crippen molar-refractivity contribution in [2.45, 2.75) is 0 Å². The molecule has 0 N–H and O–H groups in total. The first kappa shape index (κ1) is 21.1. The van der Waals surface area contributed by atoms with Gasteiger partial charge < -0.3 is 0 Å². The Labute approximate surface area is 217 Å². The van der Waals surface area contributed by atoms with Crippen molar-refractivity contribution in [1.82, 2.24) is 18.7 Å². The van der Waals surface area contributed by atoms with E-state index in [1.54, 1.807) is 0 Å². The van der Waals surface area contributed by atoms with Gasteiger partial charge in [0.15, 0.2) is 0 Å². The third-order valence-corrected chi connectivity index (χ3v) is 10.2. The summed E-state index contributed by atoms with van der Waals surface area (Å²) in [4.78, 5) is 15.3. The van der Waals surface area contributed by atoms with Crippen LogP contribution < -0.4 is 0 Å². The Morgan fingerprint density at radius 1 is 0.486 bits per heavy atom. The first-order chi connectivity index (χ1) is 17.4. The van der Waals surface area contributed by atoms with Gasteiger partial charge in [0.25, 0.3) is 0 Å². The summed E-state index contributed by atoms with van der Waals surface area (Å²) < 4.78 is 12.1. The zero-order chi connectivity index (χ0) is 23.2. The van der Waals surface area contributed by atoms with Crippen LogP contribution >= 0.6 is 11.7 Å². The zero-order valence-electron chi connectivity index (χ0n) is 18.3. The molecule has 166 valence electrons. The number of hydrogen-bond donors (Lipinski definition) is 0. The van der Waals surface area contributed by atoms with Gasteiger partial charge >= 0.3 is 219 Å². The molecule has 0 aliphatic heterocycles. The Kier molecular flexibility index (Phi) is 5.31. The van der Waals surface area contributed by atoms with Crippen molar-refractivity contribution in [1.29, 1.82) is 0 Å². The number of nitrogens with zero attached hydrogens (tertiary/aromatic N) is 4. The molecule has 0 aliphatic rings. The van der Waals surface area contributed by atoms with Crippen LogP contribution in [0.2, 0.25) is 0 Å². The molecule has 4 nitrogen and oxygen atoms in total. The average Bonchev–Trinajstić information content (AvgIpc) is 3.71. The third-order valence-electron chi connectivity index (χ3n) is 5.96. The van der Waals surface area contributed by atoms with Crippen molar-refractivity contribution in [3.8, 4) is 42.5 Å². The van der Waals surface area contributed by atoms with Gasteiger partial charge in [-0.05, 0) is 0 Å². The summed E-state index contributed by atoms with van der Waals surface area (Å²) >= 11 is 1.74. The second kappa shape index (κ2) is 8.80. The molecule has 0 radical (unpaired) electrons. The van der Waals surface area contributed by atoms with E-state index in [1.165, 1.54) is 20.6 Å². The molecule has 7 aromatic rings. The predicted molar refractivity (Wildman–Crippen MR) is 146 cm³/mol. The number of aromatic nitrogens is 4. The minimum atomic E-state index is 0.232. The van der Waals surface area contributed by atoms with E-state index < -0.39 is 0 Å². The molecule has 0 aliphatic carbocycles. The van der Waals surface area contributed by atoms with E-state index in [0.717, 1.165) is 55.7 Å². The summed E-state index contributed by atoms with van der Waals surface area (Å²) in [5.74, 6) is 0.